The maximum absolute atomic E-state index is 12.0. The average Bonchev–Trinajstić information content (AvgIpc) is 2.49. The van der Waals surface area contributed by atoms with Crippen molar-refractivity contribution in [2.45, 2.75) is 12.7 Å². The van der Waals surface area contributed by atoms with Gasteiger partial charge >= 0.3 is 0 Å². The Morgan fingerprint density at radius 1 is 1.05 bits per heavy atom. The molecule has 0 heterocycles. The van der Waals surface area contributed by atoms with Gasteiger partial charge in [0.05, 0.1) is 6.61 Å². The van der Waals surface area contributed by atoms with Crippen LogP contribution in [-0.2, 0) is 11.3 Å². The van der Waals surface area contributed by atoms with Crippen LogP contribution >= 0.6 is 0 Å². The summed E-state index contributed by atoms with van der Waals surface area (Å²) in [5.74, 6) is -0.306. The highest BCUT2D eigenvalue weighted by atomic mass is 16.5. The number of hydrogen-bond donors (Lipinski definition) is 0. The maximum atomic E-state index is 12.0. The van der Waals surface area contributed by atoms with E-state index in [0.717, 1.165) is 5.56 Å². The third kappa shape index (κ3) is 3.51. The van der Waals surface area contributed by atoms with Crippen LogP contribution in [-0.4, -0.2) is 11.9 Å². The van der Waals surface area contributed by atoms with Crippen LogP contribution in [0.2, 0.25) is 0 Å². The molecule has 0 saturated heterocycles. The first-order valence-corrected chi connectivity index (χ1v) is 5.95. The topological polar surface area (TPSA) is 50.1 Å². The highest BCUT2D eigenvalue weighted by molar-refractivity contribution is 6.01. The van der Waals surface area contributed by atoms with Gasteiger partial charge < -0.3 is 4.74 Å². The molecular weight excluding hydrogens is 238 g/mol. The third-order valence-electron chi connectivity index (χ3n) is 2.67. The fourth-order valence-electron chi connectivity index (χ4n) is 1.68. The van der Waals surface area contributed by atoms with Gasteiger partial charge in [-0.1, -0.05) is 60.7 Å². The number of benzene rings is 2. The second-order valence-electron chi connectivity index (χ2n) is 4.04. The Morgan fingerprint density at radius 2 is 1.63 bits per heavy atom. The van der Waals surface area contributed by atoms with E-state index < -0.39 is 6.10 Å². The molecule has 1 unspecified atom stereocenters. The van der Waals surface area contributed by atoms with Crippen LogP contribution in [0.25, 0.3) is 0 Å². The molecule has 0 aliphatic rings. The van der Waals surface area contributed by atoms with Crippen molar-refractivity contribution in [3.05, 3.63) is 71.8 Å². The van der Waals surface area contributed by atoms with Gasteiger partial charge in [-0.05, 0) is 5.56 Å². The largest absolute Gasteiger partial charge is 0.351 e. The van der Waals surface area contributed by atoms with E-state index in [4.69, 9.17) is 10.00 Å². The van der Waals surface area contributed by atoms with Crippen LogP contribution in [0.15, 0.2) is 60.7 Å². The van der Waals surface area contributed by atoms with Crippen molar-refractivity contribution < 1.29 is 9.53 Å². The van der Waals surface area contributed by atoms with Crippen LogP contribution in [0.3, 0.4) is 0 Å². The summed E-state index contributed by atoms with van der Waals surface area (Å²) in [6, 6.07) is 20.1. The monoisotopic (exact) mass is 251 g/mol. The first-order chi connectivity index (χ1) is 9.31. The lowest BCUT2D eigenvalue weighted by Crippen LogP contribution is -2.22. The zero-order valence-corrected chi connectivity index (χ0v) is 10.3. The van der Waals surface area contributed by atoms with Gasteiger partial charge in [-0.25, -0.2) is 0 Å². The number of carbonyl (C=O) groups is 1. The highest BCUT2D eigenvalue weighted by Gasteiger charge is 2.19. The molecule has 0 aliphatic carbocycles. The van der Waals surface area contributed by atoms with Crippen LogP contribution in [0.1, 0.15) is 15.9 Å². The number of nitrogens with zero attached hydrogens (tertiary/aromatic N) is 1. The van der Waals surface area contributed by atoms with Crippen molar-refractivity contribution in [3.8, 4) is 6.07 Å². The first kappa shape index (κ1) is 13.0. The summed E-state index contributed by atoms with van der Waals surface area (Å²) in [6.07, 6.45) is -1.07. The number of nitriles is 1. The molecule has 2 aromatic carbocycles. The van der Waals surface area contributed by atoms with E-state index in [9.17, 15) is 4.79 Å². The summed E-state index contributed by atoms with van der Waals surface area (Å²) in [5.41, 5.74) is 1.42. The van der Waals surface area contributed by atoms with Gasteiger partial charge in [0, 0.05) is 5.56 Å². The minimum Gasteiger partial charge on any atom is -0.351 e. The molecule has 0 N–H and O–H groups in total. The van der Waals surface area contributed by atoms with Crippen molar-refractivity contribution in [2.24, 2.45) is 0 Å². The summed E-state index contributed by atoms with van der Waals surface area (Å²) in [5, 5.41) is 9.04. The Kier molecular flexibility index (Phi) is 4.44. The summed E-state index contributed by atoms with van der Waals surface area (Å²) in [6.45, 7) is 0.248. The summed E-state index contributed by atoms with van der Waals surface area (Å²) < 4.78 is 5.38. The van der Waals surface area contributed by atoms with Crippen molar-refractivity contribution in [3.63, 3.8) is 0 Å². The molecule has 19 heavy (non-hydrogen) atoms. The lowest BCUT2D eigenvalue weighted by molar-refractivity contribution is 0.0535. The second-order valence-corrected chi connectivity index (χ2v) is 4.04. The molecular formula is C16H13NO2. The maximum Gasteiger partial charge on any atom is 0.206 e. The normalized spacial score (nSPS) is 11.5. The molecule has 3 nitrogen and oxygen atoms in total. The molecule has 0 fully saturated rings. The van der Waals surface area contributed by atoms with Gasteiger partial charge in [-0.2, -0.15) is 5.26 Å². The van der Waals surface area contributed by atoms with E-state index in [0.29, 0.717) is 5.56 Å². The lowest BCUT2D eigenvalue weighted by atomic mass is 10.1. The Labute approximate surface area is 112 Å². The molecule has 0 saturated carbocycles. The number of ether oxygens (including phenoxy) is 1. The molecule has 0 aliphatic heterocycles. The standard InChI is InChI=1S/C16H13NO2/c17-11-15(16(18)14-9-5-2-6-10-14)19-12-13-7-3-1-4-8-13/h1-10,15H,12H2. The first-order valence-electron chi connectivity index (χ1n) is 5.95. The van der Waals surface area contributed by atoms with E-state index in [-0.39, 0.29) is 12.4 Å². The van der Waals surface area contributed by atoms with E-state index in [1.54, 1.807) is 24.3 Å². The predicted molar refractivity (Wildman–Crippen MR) is 71.4 cm³/mol. The Hall–Kier alpha value is -2.44. The number of rotatable bonds is 5. The minimum atomic E-state index is -1.07. The number of carbonyl (C=O) groups excluding carboxylic acids is 1. The molecule has 2 aromatic rings. The summed E-state index contributed by atoms with van der Waals surface area (Å²) >= 11 is 0. The van der Waals surface area contributed by atoms with E-state index in [1.807, 2.05) is 42.5 Å². The molecule has 0 amide bonds. The van der Waals surface area contributed by atoms with E-state index >= 15 is 0 Å². The van der Waals surface area contributed by atoms with Crippen molar-refractivity contribution in [1.82, 2.24) is 0 Å². The van der Waals surface area contributed by atoms with Gasteiger partial charge in [0.25, 0.3) is 0 Å². The average molecular weight is 251 g/mol. The zero-order chi connectivity index (χ0) is 13.5. The van der Waals surface area contributed by atoms with Crippen molar-refractivity contribution in [1.29, 1.82) is 5.26 Å². The van der Waals surface area contributed by atoms with Crippen LogP contribution < -0.4 is 0 Å². The van der Waals surface area contributed by atoms with Gasteiger partial charge in [0.15, 0.2) is 0 Å². The van der Waals surface area contributed by atoms with Crippen molar-refractivity contribution >= 4 is 5.78 Å². The minimum absolute atomic E-state index is 0.248. The molecule has 3 heteroatoms. The molecule has 0 aromatic heterocycles. The quantitative estimate of drug-likeness (QED) is 0.767. The van der Waals surface area contributed by atoms with Crippen LogP contribution in [0, 0.1) is 11.3 Å². The molecule has 94 valence electrons. The Balaban J connectivity index is 2.02. The van der Waals surface area contributed by atoms with Gasteiger partial charge in [-0.15, -0.1) is 0 Å². The molecule has 0 spiro atoms. The molecule has 2 rings (SSSR count). The fourth-order valence-corrected chi connectivity index (χ4v) is 1.68. The lowest BCUT2D eigenvalue weighted by Gasteiger charge is -2.09. The van der Waals surface area contributed by atoms with Gasteiger partial charge in [0.2, 0.25) is 11.9 Å². The molecule has 1 atom stereocenters. The summed E-state index contributed by atoms with van der Waals surface area (Å²) in [7, 11) is 0. The highest BCUT2D eigenvalue weighted by Crippen LogP contribution is 2.09. The van der Waals surface area contributed by atoms with E-state index in [2.05, 4.69) is 0 Å². The van der Waals surface area contributed by atoms with Crippen LogP contribution in [0.5, 0.6) is 0 Å². The number of Topliss-reactive ketones (excluding diaryl/α,β-unsaturated/α-hetero) is 1. The molecule has 0 radical (unpaired) electrons. The Morgan fingerprint density at radius 3 is 2.21 bits per heavy atom. The Bertz CT molecular complexity index is 573. The summed E-state index contributed by atoms with van der Waals surface area (Å²) in [4.78, 5) is 12.0. The smallest absolute Gasteiger partial charge is 0.206 e. The van der Waals surface area contributed by atoms with Gasteiger partial charge in [-0.3, -0.25) is 4.79 Å². The third-order valence-corrected chi connectivity index (χ3v) is 2.67. The van der Waals surface area contributed by atoms with Crippen LogP contribution in [0.4, 0.5) is 0 Å². The SMILES string of the molecule is N#CC(OCc1ccccc1)C(=O)c1ccccc1. The number of ketones is 1. The second kappa shape index (κ2) is 6.48. The number of hydrogen-bond acceptors (Lipinski definition) is 3. The van der Waals surface area contributed by atoms with Crippen molar-refractivity contribution in [2.75, 3.05) is 0 Å². The van der Waals surface area contributed by atoms with E-state index in [1.165, 1.54) is 0 Å². The zero-order valence-electron chi connectivity index (χ0n) is 10.3. The molecule has 0 bridgehead atoms. The van der Waals surface area contributed by atoms with Gasteiger partial charge in [0.1, 0.15) is 6.07 Å². The predicted octanol–water partition coefficient (Wildman–Crippen LogP) is 2.98. The fraction of sp³-hybridized carbons (Fsp3) is 0.125.